The Morgan fingerprint density at radius 1 is 1.25 bits per heavy atom. The van der Waals surface area contributed by atoms with Gasteiger partial charge in [0.1, 0.15) is 5.75 Å². The number of hydrogen-bond donors (Lipinski definition) is 0. The number of nitrogens with zero attached hydrogens (tertiary/aromatic N) is 1. The summed E-state index contributed by atoms with van der Waals surface area (Å²) in [6, 6.07) is 7.72. The Hall–Kier alpha value is -2.04. The van der Waals surface area contributed by atoms with Crippen LogP contribution < -0.4 is 4.74 Å². The van der Waals surface area contributed by atoms with E-state index in [4.69, 9.17) is 9.47 Å². The van der Waals surface area contributed by atoms with Crippen molar-refractivity contribution in [2.75, 3.05) is 19.7 Å². The number of benzene rings is 1. The average molecular weight is 333 g/mol. The van der Waals surface area contributed by atoms with Crippen LogP contribution in [0.15, 0.2) is 24.3 Å². The predicted molar refractivity (Wildman–Crippen MR) is 91.8 cm³/mol. The lowest BCUT2D eigenvalue weighted by Gasteiger charge is -2.33. The molecule has 24 heavy (non-hydrogen) atoms. The molecule has 1 saturated heterocycles. The summed E-state index contributed by atoms with van der Waals surface area (Å²) in [6.07, 6.45) is 1.45. The van der Waals surface area contributed by atoms with Crippen molar-refractivity contribution in [1.82, 2.24) is 4.90 Å². The number of carbonyl (C=O) groups is 2. The molecule has 5 nitrogen and oxygen atoms in total. The van der Waals surface area contributed by atoms with Gasteiger partial charge in [-0.3, -0.25) is 9.59 Å². The highest BCUT2D eigenvalue weighted by Crippen LogP contribution is 2.21. The molecule has 1 aliphatic heterocycles. The third-order valence-electron chi connectivity index (χ3n) is 4.34. The maximum Gasteiger partial charge on any atom is 0.309 e. The van der Waals surface area contributed by atoms with Crippen LogP contribution in [-0.2, 0) is 14.3 Å². The summed E-state index contributed by atoms with van der Waals surface area (Å²) in [5.41, 5.74) is 1.10. The number of esters is 1. The molecule has 1 aromatic carbocycles. The molecule has 132 valence electrons. The van der Waals surface area contributed by atoms with Crippen molar-refractivity contribution in [2.45, 2.75) is 46.1 Å². The molecule has 2 rings (SSSR count). The molecule has 0 aliphatic carbocycles. The number of amides is 1. The van der Waals surface area contributed by atoms with Gasteiger partial charge in [-0.2, -0.15) is 0 Å². The lowest BCUT2D eigenvalue weighted by molar-refractivity contribution is -0.152. The molecule has 0 saturated carbocycles. The summed E-state index contributed by atoms with van der Waals surface area (Å²) >= 11 is 0. The van der Waals surface area contributed by atoms with Gasteiger partial charge < -0.3 is 14.4 Å². The minimum absolute atomic E-state index is 0.00122. The zero-order valence-electron chi connectivity index (χ0n) is 14.8. The minimum Gasteiger partial charge on any atom is -0.481 e. The molecule has 0 spiro atoms. The van der Waals surface area contributed by atoms with Crippen LogP contribution in [0.1, 0.15) is 38.7 Å². The van der Waals surface area contributed by atoms with E-state index >= 15 is 0 Å². The fraction of sp³-hybridized carbons (Fsp3) is 0.579. The summed E-state index contributed by atoms with van der Waals surface area (Å²) in [5.74, 6) is 0.484. The number of carbonyl (C=O) groups excluding carboxylic acids is 2. The molecule has 5 heteroatoms. The second kappa shape index (κ2) is 8.71. The first-order chi connectivity index (χ1) is 11.5. The van der Waals surface area contributed by atoms with Crippen molar-refractivity contribution in [3.05, 3.63) is 29.8 Å². The quantitative estimate of drug-likeness (QED) is 0.751. The topological polar surface area (TPSA) is 55.8 Å². The van der Waals surface area contributed by atoms with E-state index in [-0.39, 0.29) is 17.8 Å². The molecular formula is C19H27NO4. The zero-order valence-corrected chi connectivity index (χ0v) is 14.8. The van der Waals surface area contributed by atoms with E-state index in [1.165, 1.54) is 0 Å². The highest BCUT2D eigenvalue weighted by Gasteiger charge is 2.31. The molecule has 1 atom stereocenters. The van der Waals surface area contributed by atoms with Crippen molar-refractivity contribution in [1.29, 1.82) is 0 Å². The Morgan fingerprint density at radius 2 is 1.96 bits per heavy atom. The summed E-state index contributed by atoms with van der Waals surface area (Å²) in [4.78, 5) is 26.3. The van der Waals surface area contributed by atoms with Gasteiger partial charge in [-0.25, -0.2) is 0 Å². The van der Waals surface area contributed by atoms with Crippen LogP contribution in [-0.4, -0.2) is 42.6 Å². The van der Waals surface area contributed by atoms with Gasteiger partial charge in [0.2, 0.25) is 0 Å². The van der Waals surface area contributed by atoms with E-state index in [2.05, 4.69) is 0 Å². The lowest BCUT2D eigenvalue weighted by atomic mass is 9.96. The third-order valence-corrected chi connectivity index (χ3v) is 4.34. The number of rotatable bonds is 6. The van der Waals surface area contributed by atoms with Crippen molar-refractivity contribution in [3.63, 3.8) is 0 Å². The van der Waals surface area contributed by atoms with Gasteiger partial charge in [-0.05, 0) is 50.8 Å². The lowest BCUT2D eigenvalue weighted by Crippen LogP contribution is -2.46. The van der Waals surface area contributed by atoms with Gasteiger partial charge in [0.05, 0.1) is 12.5 Å². The summed E-state index contributed by atoms with van der Waals surface area (Å²) in [5, 5.41) is 0. The summed E-state index contributed by atoms with van der Waals surface area (Å²) in [7, 11) is 0. The molecule has 1 amide bonds. The molecule has 1 heterocycles. The molecular weight excluding hydrogens is 306 g/mol. The minimum atomic E-state index is -0.481. The van der Waals surface area contributed by atoms with Crippen molar-refractivity contribution >= 4 is 11.9 Å². The number of likely N-dealkylation sites (tertiary alicyclic amines) is 1. The smallest absolute Gasteiger partial charge is 0.309 e. The molecule has 1 fully saturated rings. The third kappa shape index (κ3) is 4.73. The van der Waals surface area contributed by atoms with Crippen LogP contribution in [0.3, 0.4) is 0 Å². The van der Waals surface area contributed by atoms with Crippen LogP contribution >= 0.6 is 0 Å². The van der Waals surface area contributed by atoms with E-state index < -0.39 is 6.10 Å². The monoisotopic (exact) mass is 333 g/mol. The van der Waals surface area contributed by atoms with Crippen LogP contribution in [0.5, 0.6) is 5.75 Å². The van der Waals surface area contributed by atoms with Crippen LogP contribution in [0, 0.1) is 12.8 Å². The highest BCUT2D eigenvalue weighted by molar-refractivity contribution is 5.81. The molecule has 0 aromatic heterocycles. The molecule has 0 unspecified atom stereocenters. The van der Waals surface area contributed by atoms with Gasteiger partial charge >= 0.3 is 5.97 Å². The van der Waals surface area contributed by atoms with Crippen LogP contribution in [0.2, 0.25) is 0 Å². The van der Waals surface area contributed by atoms with E-state index in [1.54, 1.807) is 4.90 Å². The van der Waals surface area contributed by atoms with Crippen molar-refractivity contribution in [3.8, 4) is 5.75 Å². The van der Waals surface area contributed by atoms with Gasteiger partial charge in [0.15, 0.2) is 6.10 Å². The average Bonchev–Trinajstić information content (AvgIpc) is 2.59. The van der Waals surface area contributed by atoms with Crippen LogP contribution in [0.4, 0.5) is 0 Å². The first-order valence-corrected chi connectivity index (χ1v) is 8.73. The van der Waals surface area contributed by atoms with Gasteiger partial charge in [0.25, 0.3) is 5.91 Å². The van der Waals surface area contributed by atoms with Crippen LogP contribution in [0.25, 0.3) is 0 Å². The maximum absolute atomic E-state index is 12.7. The second-order valence-electron chi connectivity index (χ2n) is 6.18. The Morgan fingerprint density at radius 3 is 2.54 bits per heavy atom. The SMILES string of the molecule is CCOC(=O)C1CCN(C(=O)[C@H](CC)Oc2cccc(C)c2)CC1. The normalized spacial score (nSPS) is 16.5. The molecule has 0 bridgehead atoms. The Labute approximate surface area is 143 Å². The highest BCUT2D eigenvalue weighted by atomic mass is 16.5. The van der Waals surface area contributed by atoms with E-state index in [0.29, 0.717) is 39.0 Å². The first kappa shape index (κ1) is 18.3. The number of ether oxygens (including phenoxy) is 2. The summed E-state index contributed by atoms with van der Waals surface area (Å²) in [6.45, 7) is 7.32. The standard InChI is InChI=1S/C19H27NO4/c1-4-17(24-16-8-6-7-14(3)13-16)18(21)20-11-9-15(10-12-20)19(22)23-5-2/h6-8,13,15,17H,4-5,9-12H2,1-3H3/t17-/m0/s1. The van der Waals surface area contributed by atoms with Gasteiger partial charge in [0, 0.05) is 13.1 Å². The van der Waals surface area contributed by atoms with E-state index in [1.807, 2.05) is 45.0 Å². The Bertz CT molecular complexity index is 564. The first-order valence-electron chi connectivity index (χ1n) is 8.73. The molecule has 0 N–H and O–H groups in total. The largest absolute Gasteiger partial charge is 0.481 e. The Kier molecular flexibility index (Phi) is 6.64. The number of piperidine rings is 1. The number of hydrogen-bond acceptors (Lipinski definition) is 4. The Balaban J connectivity index is 1.91. The number of aryl methyl sites for hydroxylation is 1. The predicted octanol–water partition coefficient (Wildman–Crippen LogP) is 2.95. The molecule has 1 aliphatic rings. The zero-order chi connectivity index (χ0) is 17.5. The van der Waals surface area contributed by atoms with Gasteiger partial charge in [-0.1, -0.05) is 19.1 Å². The molecule has 0 radical (unpaired) electrons. The van der Waals surface area contributed by atoms with E-state index in [9.17, 15) is 9.59 Å². The summed E-state index contributed by atoms with van der Waals surface area (Å²) < 4.78 is 11.0. The van der Waals surface area contributed by atoms with Crippen molar-refractivity contribution in [2.24, 2.45) is 5.92 Å². The van der Waals surface area contributed by atoms with Gasteiger partial charge in [-0.15, -0.1) is 0 Å². The van der Waals surface area contributed by atoms with Crippen molar-refractivity contribution < 1.29 is 19.1 Å². The fourth-order valence-electron chi connectivity index (χ4n) is 2.96. The maximum atomic E-state index is 12.7. The molecule has 1 aromatic rings. The fourth-order valence-corrected chi connectivity index (χ4v) is 2.96. The van der Waals surface area contributed by atoms with E-state index in [0.717, 1.165) is 11.3 Å². The second-order valence-corrected chi connectivity index (χ2v) is 6.18.